The summed E-state index contributed by atoms with van der Waals surface area (Å²) in [7, 11) is 0. The molecule has 0 saturated carbocycles. The van der Waals surface area contributed by atoms with E-state index in [9.17, 15) is 9.90 Å². The molecule has 3 atom stereocenters. The van der Waals surface area contributed by atoms with Crippen LogP contribution in [0.15, 0.2) is 12.2 Å². The Morgan fingerprint density at radius 2 is 1.96 bits per heavy atom. The van der Waals surface area contributed by atoms with E-state index in [2.05, 4.69) is 19.1 Å². The first-order valence-corrected chi connectivity index (χ1v) is 10.4. The standard InChI is InChI=1S/C19H34O3S/c1-2-3-6-10-18(20)13-12-17-15-23-14-16(17)9-7-4-5-8-11-19(21)22/h4,7,16-18,20H,2-3,5-6,8-15H2,1H3,(H,21,22)/b7-4-/t16-,17+,18?/m0/s1. The number of aliphatic hydroxyl groups excluding tert-OH is 1. The quantitative estimate of drug-likeness (QED) is 0.370. The summed E-state index contributed by atoms with van der Waals surface area (Å²) in [6, 6.07) is 0. The second kappa shape index (κ2) is 12.9. The van der Waals surface area contributed by atoms with E-state index in [-0.39, 0.29) is 12.5 Å². The van der Waals surface area contributed by atoms with E-state index in [1.54, 1.807) is 0 Å². The molecular formula is C19H34O3S. The molecule has 1 fully saturated rings. The summed E-state index contributed by atoms with van der Waals surface area (Å²) in [5.41, 5.74) is 0. The number of hydrogen-bond acceptors (Lipinski definition) is 3. The Morgan fingerprint density at radius 3 is 2.70 bits per heavy atom. The Kier molecular flexibility index (Phi) is 11.5. The molecule has 134 valence electrons. The maximum absolute atomic E-state index is 10.4. The third-order valence-electron chi connectivity index (χ3n) is 4.71. The molecule has 0 radical (unpaired) electrons. The molecule has 3 nitrogen and oxygen atoms in total. The van der Waals surface area contributed by atoms with Crippen LogP contribution in [-0.2, 0) is 4.79 Å². The van der Waals surface area contributed by atoms with Crippen LogP contribution in [0.4, 0.5) is 0 Å². The molecule has 0 aliphatic carbocycles. The number of allylic oxidation sites excluding steroid dienone is 2. The Labute approximate surface area is 145 Å². The van der Waals surface area contributed by atoms with Crippen molar-refractivity contribution < 1.29 is 15.0 Å². The molecule has 1 saturated heterocycles. The lowest BCUT2D eigenvalue weighted by Crippen LogP contribution is -2.15. The molecule has 1 heterocycles. The smallest absolute Gasteiger partial charge is 0.303 e. The van der Waals surface area contributed by atoms with E-state index < -0.39 is 5.97 Å². The van der Waals surface area contributed by atoms with Crippen LogP contribution in [0.2, 0.25) is 0 Å². The van der Waals surface area contributed by atoms with Gasteiger partial charge in [0.15, 0.2) is 0 Å². The minimum absolute atomic E-state index is 0.112. The van der Waals surface area contributed by atoms with Gasteiger partial charge < -0.3 is 10.2 Å². The summed E-state index contributed by atoms with van der Waals surface area (Å²) >= 11 is 2.04. The fourth-order valence-corrected chi connectivity index (χ4v) is 4.75. The maximum atomic E-state index is 10.4. The van der Waals surface area contributed by atoms with Crippen molar-refractivity contribution in [2.45, 2.75) is 77.2 Å². The minimum Gasteiger partial charge on any atom is -0.481 e. The van der Waals surface area contributed by atoms with Crippen LogP contribution in [-0.4, -0.2) is 33.8 Å². The third-order valence-corrected chi connectivity index (χ3v) is 6.04. The molecule has 0 spiro atoms. The molecule has 1 rings (SSSR count). The topological polar surface area (TPSA) is 57.5 Å². The van der Waals surface area contributed by atoms with Gasteiger partial charge in [-0.15, -0.1) is 0 Å². The fourth-order valence-electron chi connectivity index (χ4n) is 3.16. The van der Waals surface area contributed by atoms with Crippen molar-refractivity contribution >= 4 is 17.7 Å². The van der Waals surface area contributed by atoms with Crippen LogP contribution < -0.4 is 0 Å². The highest BCUT2D eigenvalue weighted by Crippen LogP contribution is 2.36. The molecule has 1 unspecified atom stereocenters. The predicted molar refractivity (Wildman–Crippen MR) is 98.9 cm³/mol. The first-order valence-electron chi connectivity index (χ1n) is 9.26. The van der Waals surface area contributed by atoms with Gasteiger partial charge in [0.1, 0.15) is 0 Å². The van der Waals surface area contributed by atoms with Gasteiger partial charge in [0, 0.05) is 6.42 Å². The van der Waals surface area contributed by atoms with Gasteiger partial charge in [-0.2, -0.15) is 11.8 Å². The number of carboxylic acids is 1. The van der Waals surface area contributed by atoms with Crippen molar-refractivity contribution in [1.29, 1.82) is 0 Å². The van der Waals surface area contributed by atoms with Gasteiger partial charge >= 0.3 is 5.97 Å². The van der Waals surface area contributed by atoms with Crippen LogP contribution in [0, 0.1) is 11.8 Å². The number of aliphatic hydroxyl groups is 1. The number of carboxylic acid groups (broad SMARTS) is 1. The average Bonchev–Trinajstić information content (AvgIpc) is 2.96. The lowest BCUT2D eigenvalue weighted by atomic mass is 9.87. The first-order chi connectivity index (χ1) is 11.1. The van der Waals surface area contributed by atoms with Crippen molar-refractivity contribution in [3.63, 3.8) is 0 Å². The highest BCUT2D eigenvalue weighted by molar-refractivity contribution is 7.99. The Bertz CT molecular complexity index is 344. The van der Waals surface area contributed by atoms with Crippen LogP contribution in [0.5, 0.6) is 0 Å². The molecule has 0 aromatic rings. The van der Waals surface area contributed by atoms with Gasteiger partial charge in [0.2, 0.25) is 0 Å². The molecule has 2 N–H and O–H groups in total. The monoisotopic (exact) mass is 342 g/mol. The van der Waals surface area contributed by atoms with E-state index in [0.717, 1.165) is 56.8 Å². The van der Waals surface area contributed by atoms with Crippen LogP contribution in [0.25, 0.3) is 0 Å². The Balaban J connectivity index is 2.15. The zero-order chi connectivity index (χ0) is 16.9. The minimum atomic E-state index is -0.705. The summed E-state index contributed by atoms with van der Waals surface area (Å²) < 4.78 is 0. The van der Waals surface area contributed by atoms with Gasteiger partial charge in [-0.25, -0.2) is 0 Å². The molecule has 0 bridgehead atoms. The molecular weight excluding hydrogens is 308 g/mol. The Morgan fingerprint density at radius 1 is 1.17 bits per heavy atom. The van der Waals surface area contributed by atoms with Gasteiger partial charge in [-0.05, 0) is 61.9 Å². The van der Waals surface area contributed by atoms with Crippen molar-refractivity contribution in [3.05, 3.63) is 12.2 Å². The van der Waals surface area contributed by atoms with Gasteiger partial charge in [0.05, 0.1) is 6.10 Å². The van der Waals surface area contributed by atoms with Crippen LogP contribution in [0.1, 0.15) is 71.1 Å². The van der Waals surface area contributed by atoms with Crippen LogP contribution >= 0.6 is 11.8 Å². The summed E-state index contributed by atoms with van der Waals surface area (Å²) in [5.74, 6) is 3.24. The lowest BCUT2D eigenvalue weighted by molar-refractivity contribution is -0.137. The molecule has 0 aromatic heterocycles. The third kappa shape index (κ3) is 10.1. The average molecular weight is 343 g/mol. The van der Waals surface area contributed by atoms with Crippen molar-refractivity contribution in [1.82, 2.24) is 0 Å². The summed E-state index contributed by atoms with van der Waals surface area (Å²) in [6.45, 7) is 2.20. The largest absolute Gasteiger partial charge is 0.481 e. The fraction of sp³-hybridized carbons (Fsp3) is 0.842. The first kappa shape index (κ1) is 20.6. The highest BCUT2D eigenvalue weighted by Gasteiger charge is 2.26. The van der Waals surface area contributed by atoms with E-state index in [0.29, 0.717) is 0 Å². The van der Waals surface area contributed by atoms with E-state index in [1.807, 2.05) is 11.8 Å². The number of thioether (sulfide) groups is 1. The SMILES string of the molecule is CCCCCC(O)CC[C@@H]1CSC[C@@H]1C/C=C\CCCC(=O)O. The molecule has 0 aromatic carbocycles. The number of aliphatic carboxylic acids is 1. The van der Waals surface area contributed by atoms with Crippen molar-refractivity contribution in [2.75, 3.05) is 11.5 Å². The van der Waals surface area contributed by atoms with Gasteiger partial charge in [-0.3, -0.25) is 4.79 Å². The van der Waals surface area contributed by atoms with E-state index in [4.69, 9.17) is 5.11 Å². The molecule has 1 aliphatic heterocycles. The van der Waals surface area contributed by atoms with E-state index in [1.165, 1.54) is 24.3 Å². The number of rotatable bonds is 13. The predicted octanol–water partition coefficient (Wildman–Crippen LogP) is 4.89. The molecule has 4 heteroatoms. The summed E-state index contributed by atoms with van der Waals surface area (Å²) in [5, 5.41) is 18.7. The zero-order valence-electron chi connectivity index (χ0n) is 14.6. The second-order valence-corrected chi connectivity index (χ2v) is 7.85. The number of unbranched alkanes of at least 4 members (excludes halogenated alkanes) is 3. The van der Waals surface area contributed by atoms with Gasteiger partial charge in [0.25, 0.3) is 0 Å². The molecule has 0 amide bonds. The van der Waals surface area contributed by atoms with Crippen LogP contribution in [0.3, 0.4) is 0 Å². The van der Waals surface area contributed by atoms with Gasteiger partial charge in [-0.1, -0.05) is 38.3 Å². The number of hydrogen-bond donors (Lipinski definition) is 2. The number of carbonyl (C=O) groups is 1. The highest BCUT2D eigenvalue weighted by atomic mass is 32.2. The summed E-state index contributed by atoms with van der Waals surface area (Å²) in [6.07, 6.45) is 13.9. The Hall–Kier alpha value is -0.480. The molecule has 1 aliphatic rings. The summed E-state index contributed by atoms with van der Waals surface area (Å²) in [4.78, 5) is 10.4. The molecule has 23 heavy (non-hydrogen) atoms. The van der Waals surface area contributed by atoms with Crippen molar-refractivity contribution in [3.8, 4) is 0 Å². The van der Waals surface area contributed by atoms with E-state index >= 15 is 0 Å². The van der Waals surface area contributed by atoms with Crippen molar-refractivity contribution in [2.24, 2.45) is 11.8 Å². The maximum Gasteiger partial charge on any atom is 0.303 e. The lowest BCUT2D eigenvalue weighted by Gasteiger charge is -2.19. The zero-order valence-corrected chi connectivity index (χ0v) is 15.4. The second-order valence-electron chi connectivity index (χ2n) is 6.78. The normalized spacial score (nSPS) is 22.7.